The number of non-ortho nitro benzene ring substituents is 1. The largest absolute Gasteiger partial charge is 0.465 e. The number of benzene rings is 2. The molecule has 1 N–H and O–H groups in total. The second-order valence-electron chi connectivity index (χ2n) is 6.16. The zero-order valence-corrected chi connectivity index (χ0v) is 16.0. The first-order valence-electron chi connectivity index (χ1n) is 8.39. The summed E-state index contributed by atoms with van der Waals surface area (Å²) >= 11 is 3.38. The summed E-state index contributed by atoms with van der Waals surface area (Å²) in [6.45, 7) is 1.12. The van der Waals surface area contributed by atoms with Crippen molar-refractivity contribution in [3.63, 3.8) is 0 Å². The van der Waals surface area contributed by atoms with Crippen molar-refractivity contribution in [2.24, 2.45) is 0 Å². The molecule has 1 aromatic heterocycles. The highest BCUT2D eigenvalue weighted by molar-refractivity contribution is 9.10. The third kappa shape index (κ3) is 4.65. The number of nitro benzene ring substituents is 1. The summed E-state index contributed by atoms with van der Waals surface area (Å²) in [7, 11) is 0. The SMILES string of the molecule is O=C(O)N(CCc1ccc(Br)cc1)CCn1ccc2ccc([N+](=O)[O-])cc21. The molecule has 7 nitrogen and oxygen atoms in total. The molecule has 27 heavy (non-hydrogen) atoms. The van der Waals surface area contributed by atoms with E-state index in [-0.39, 0.29) is 5.69 Å². The molecule has 0 unspecified atom stereocenters. The van der Waals surface area contributed by atoms with E-state index in [4.69, 9.17) is 0 Å². The van der Waals surface area contributed by atoms with Gasteiger partial charge >= 0.3 is 6.09 Å². The molecule has 8 heteroatoms. The van der Waals surface area contributed by atoms with Crippen LogP contribution in [0.5, 0.6) is 0 Å². The van der Waals surface area contributed by atoms with Crippen LogP contribution in [-0.4, -0.2) is 38.7 Å². The average molecular weight is 432 g/mol. The number of fused-ring (bicyclic) bond motifs is 1. The van der Waals surface area contributed by atoms with E-state index < -0.39 is 11.0 Å². The van der Waals surface area contributed by atoms with Crippen molar-refractivity contribution in [3.8, 4) is 0 Å². The molecule has 2 aromatic carbocycles. The zero-order chi connectivity index (χ0) is 19.4. The Morgan fingerprint density at radius 2 is 1.89 bits per heavy atom. The van der Waals surface area contributed by atoms with Gasteiger partial charge < -0.3 is 14.6 Å². The lowest BCUT2D eigenvalue weighted by Crippen LogP contribution is -2.34. The van der Waals surface area contributed by atoms with Gasteiger partial charge in [0, 0.05) is 47.8 Å². The predicted octanol–water partition coefficient (Wildman–Crippen LogP) is 4.53. The molecule has 1 heterocycles. The van der Waals surface area contributed by atoms with Crippen LogP contribution in [0, 0.1) is 10.1 Å². The van der Waals surface area contributed by atoms with E-state index >= 15 is 0 Å². The third-order valence-corrected chi connectivity index (χ3v) is 4.96. The molecule has 1 amide bonds. The van der Waals surface area contributed by atoms with E-state index in [1.807, 2.05) is 41.1 Å². The van der Waals surface area contributed by atoms with E-state index in [0.29, 0.717) is 26.1 Å². The van der Waals surface area contributed by atoms with Gasteiger partial charge in [0.05, 0.1) is 10.4 Å². The van der Waals surface area contributed by atoms with Crippen molar-refractivity contribution < 1.29 is 14.8 Å². The third-order valence-electron chi connectivity index (χ3n) is 4.43. The summed E-state index contributed by atoms with van der Waals surface area (Å²) < 4.78 is 2.83. The minimum absolute atomic E-state index is 0.0211. The molecule has 0 aliphatic rings. The van der Waals surface area contributed by atoms with E-state index in [0.717, 1.165) is 20.9 Å². The van der Waals surface area contributed by atoms with E-state index in [1.54, 1.807) is 6.07 Å². The van der Waals surface area contributed by atoms with E-state index in [1.165, 1.54) is 17.0 Å². The van der Waals surface area contributed by atoms with Crippen molar-refractivity contribution in [1.29, 1.82) is 0 Å². The monoisotopic (exact) mass is 431 g/mol. The Balaban J connectivity index is 1.68. The van der Waals surface area contributed by atoms with Crippen LogP contribution in [-0.2, 0) is 13.0 Å². The summed E-state index contributed by atoms with van der Waals surface area (Å²) in [6, 6.07) is 14.3. The van der Waals surface area contributed by atoms with Gasteiger partial charge in [-0.3, -0.25) is 10.1 Å². The summed E-state index contributed by atoms with van der Waals surface area (Å²) in [5, 5.41) is 21.3. The maximum atomic E-state index is 11.6. The lowest BCUT2D eigenvalue weighted by Gasteiger charge is -2.20. The van der Waals surface area contributed by atoms with Crippen molar-refractivity contribution in [2.45, 2.75) is 13.0 Å². The second kappa shape index (κ2) is 8.22. The van der Waals surface area contributed by atoms with Crippen molar-refractivity contribution in [2.75, 3.05) is 13.1 Å². The first kappa shape index (κ1) is 18.9. The number of hydrogen-bond acceptors (Lipinski definition) is 3. The van der Waals surface area contributed by atoms with Gasteiger partial charge in [0.25, 0.3) is 5.69 Å². The van der Waals surface area contributed by atoms with Gasteiger partial charge in [0.1, 0.15) is 0 Å². The van der Waals surface area contributed by atoms with E-state index in [9.17, 15) is 20.0 Å². The van der Waals surface area contributed by atoms with Crippen molar-refractivity contribution >= 4 is 38.6 Å². The zero-order valence-electron chi connectivity index (χ0n) is 14.4. The predicted molar refractivity (Wildman–Crippen MR) is 106 cm³/mol. The highest BCUT2D eigenvalue weighted by Crippen LogP contribution is 2.22. The first-order chi connectivity index (χ1) is 12.9. The molecule has 0 fully saturated rings. The number of carbonyl (C=O) groups is 1. The Morgan fingerprint density at radius 3 is 2.56 bits per heavy atom. The number of halogens is 1. The van der Waals surface area contributed by atoms with E-state index in [2.05, 4.69) is 15.9 Å². The second-order valence-corrected chi connectivity index (χ2v) is 7.07. The molecule has 0 atom stereocenters. The Morgan fingerprint density at radius 1 is 1.15 bits per heavy atom. The maximum Gasteiger partial charge on any atom is 0.407 e. The molecule has 0 saturated carbocycles. The molecular weight excluding hydrogens is 414 g/mol. The van der Waals surface area contributed by atoms with Gasteiger partial charge in [0.2, 0.25) is 0 Å². The van der Waals surface area contributed by atoms with Crippen molar-refractivity contribution in [1.82, 2.24) is 9.47 Å². The fraction of sp³-hybridized carbons (Fsp3) is 0.211. The number of nitrogens with zero attached hydrogens (tertiary/aromatic N) is 3. The average Bonchev–Trinajstić information content (AvgIpc) is 3.05. The number of nitro groups is 1. The summed E-state index contributed by atoms with van der Waals surface area (Å²) in [5.41, 5.74) is 1.81. The summed E-state index contributed by atoms with van der Waals surface area (Å²) in [6.07, 6.45) is 1.47. The Labute approximate surface area is 164 Å². The molecule has 140 valence electrons. The number of hydrogen-bond donors (Lipinski definition) is 1. The van der Waals surface area contributed by atoms with Crippen LogP contribution in [0.2, 0.25) is 0 Å². The number of rotatable bonds is 7. The van der Waals surface area contributed by atoms with Crippen LogP contribution in [0.3, 0.4) is 0 Å². The van der Waals surface area contributed by atoms with Crippen LogP contribution in [0.4, 0.5) is 10.5 Å². The molecule has 0 radical (unpaired) electrons. The lowest BCUT2D eigenvalue weighted by molar-refractivity contribution is -0.384. The van der Waals surface area contributed by atoms with Crippen LogP contribution in [0.25, 0.3) is 10.9 Å². The maximum absolute atomic E-state index is 11.6. The Kier molecular flexibility index (Phi) is 5.75. The van der Waals surface area contributed by atoms with Crippen molar-refractivity contribution in [3.05, 3.63) is 74.9 Å². The molecule has 0 spiro atoms. The minimum Gasteiger partial charge on any atom is -0.465 e. The first-order valence-corrected chi connectivity index (χ1v) is 9.19. The normalized spacial score (nSPS) is 10.9. The van der Waals surface area contributed by atoms with Crippen LogP contribution >= 0.6 is 15.9 Å². The number of amides is 1. The van der Waals surface area contributed by atoms with Crippen LogP contribution in [0.1, 0.15) is 5.56 Å². The molecule has 3 rings (SSSR count). The van der Waals surface area contributed by atoms with Crippen LogP contribution < -0.4 is 0 Å². The van der Waals surface area contributed by atoms with Gasteiger partial charge in [0.15, 0.2) is 0 Å². The Hall–Kier alpha value is -2.87. The molecule has 3 aromatic rings. The highest BCUT2D eigenvalue weighted by atomic mass is 79.9. The fourth-order valence-corrected chi connectivity index (χ4v) is 3.19. The van der Waals surface area contributed by atoms with Gasteiger partial charge in [-0.05, 0) is 36.2 Å². The smallest absolute Gasteiger partial charge is 0.407 e. The van der Waals surface area contributed by atoms with Gasteiger partial charge in [-0.2, -0.15) is 0 Å². The topological polar surface area (TPSA) is 88.6 Å². The standard InChI is InChI=1S/C19H18BrN3O4/c20-16-4-1-14(2-5-16)7-9-22(19(24)25)12-11-21-10-8-15-3-6-17(23(26)27)13-18(15)21/h1-6,8,10,13H,7,9,11-12H2,(H,24,25). The lowest BCUT2D eigenvalue weighted by atomic mass is 10.1. The molecule has 0 aliphatic heterocycles. The fourth-order valence-electron chi connectivity index (χ4n) is 2.93. The van der Waals surface area contributed by atoms with Gasteiger partial charge in [-0.25, -0.2) is 4.79 Å². The van der Waals surface area contributed by atoms with Crippen LogP contribution in [0.15, 0.2) is 59.2 Å². The summed E-state index contributed by atoms with van der Waals surface area (Å²) in [4.78, 5) is 23.5. The molecule has 0 aliphatic carbocycles. The Bertz CT molecular complexity index is 969. The van der Waals surface area contributed by atoms with Gasteiger partial charge in [-0.1, -0.05) is 28.1 Å². The van der Waals surface area contributed by atoms with Gasteiger partial charge in [-0.15, -0.1) is 0 Å². The molecule has 0 saturated heterocycles. The minimum atomic E-state index is -0.977. The molecular formula is C19H18BrN3O4. The molecule has 0 bridgehead atoms. The number of carboxylic acid groups (broad SMARTS) is 1. The summed E-state index contributed by atoms with van der Waals surface area (Å²) in [5.74, 6) is 0. The number of aromatic nitrogens is 1. The quantitative estimate of drug-likeness (QED) is 0.439. The highest BCUT2D eigenvalue weighted by Gasteiger charge is 2.14.